The van der Waals surface area contributed by atoms with Crippen molar-refractivity contribution in [2.24, 2.45) is 0 Å². The molecule has 2 atom stereocenters. The zero-order valence-corrected chi connectivity index (χ0v) is 22.5. The second-order valence-corrected chi connectivity index (χ2v) is 10.9. The largest absolute Gasteiger partial charge is 0.495 e. The van der Waals surface area contributed by atoms with E-state index in [0.717, 1.165) is 6.26 Å². The predicted molar refractivity (Wildman–Crippen MR) is 150 cm³/mol. The molecule has 4 aromatic rings. The number of carbonyl (C=O) groups is 1. The van der Waals surface area contributed by atoms with Gasteiger partial charge in [-0.1, -0.05) is 24.3 Å². The van der Waals surface area contributed by atoms with Gasteiger partial charge in [0.05, 0.1) is 36.4 Å². The third kappa shape index (κ3) is 5.29. The lowest BCUT2D eigenvalue weighted by Gasteiger charge is -2.27. The van der Waals surface area contributed by atoms with E-state index >= 15 is 0 Å². The van der Waals surface area contributed by atoms with Crippen molar-refractivity contribution in [1.82, 2.24) is 10.3 Å². The number of ether oxygens (including phenoxy) is 1. The van der Waals surface area contributed by atoms with Crippen LogP contribution in [0.1, 0.15) is 33.9 Å². The van der Waals surface area contributed by atoms with E-state index in [4.69, 9.17) is 21.4 Å². The maximum atomic E-state index is 12.0. The number of sulfonamides is 1. The number of pyridine rings is 1. The van der Waals surface area contributed by atoms with Gasteiger partial charge in [0.15, 0.2) is 5.11 Å². The SMILES string of the molecule is COc1ccc(N2C(=S)N[C@H](c3ccccn3)[C@@H]2c2ccc(-c3ccccc3C(=O)O)o2)cc1NS(C)(=O)=O. The van der Waals surface area contributed by atoms with Crippen LogP contribution in [0.4, 0.5) is 11.4 Å². The number of nitrogens with one attached hydrogen (secondary N) is 2. The third-order valence-electron chi connectivity index (χ3n) is 6.20. The average molecular weight is 565 g/mol. The molecular weight excluding hydrogens is 540 g/mol. The first-order chi connectivity index (χ1) is 18.7. The van der Waals surface area contributed by atoms with Crippen LogP contribution >= 0.6 is 12.2 Å². The van der Waals surface area contributed by atoms with E-state index in [1.54, 1.807) is 54.7 Å². The molecule has 3 heterocycles. The minimum absolute atomic E-state index is 0.114. The smallest absolute Gasteiger partial charge is 0.336 e. The number of furan rings is 1. The molecule has 12 heteroatoms. The van der Waals surface area contributed by atoms with E-state index in [-0.39, 0.29) is 11.3 Å². The Morgan fingerprint density at radius 3 is 2.59 bits per heavy atom. The second kappa shape index (κ2) is 10.4. The van der Waals surface area contributed by atoms with Gasteiger partial charge in [0.25, 0.3) is 0 Å². The van der Waals surface area contributed by atoms with Crippen molar-refractivity contribution in [1.29, 1.82) is 0 Å². The van der Waals surface area contributed by atoms with E-state index in [1.807, 2.05) is 23.1 Å². The maximum Gasteiger partial charge on any atom is 0.336 e. The lowest BCUT2D eigenvalue weighted by Crippen LogP contribution is -2.29. The summed E-state index contributed by atoms with van der Waals surface area (Å²) in [6.07, 6.45) is 2.73. The van der Waals surface area contributed by atoms with Crippen LogP contribution in [0.15, 0.2) is 83.4 Å². The van der Waals surface area contributed by atoms with Crippen molar-refractivity contribution >= 4 is 44.7 Å². The summed E-state index contributed by atoms with van der Waals surface area (Å²) >= 11 is 5.74. The molecule has 1 saturated heterocycles. The number of aromatic nitrogens is 1. The number of nitrogens with zero attached hydrogens (tertiary/aromatic N) is 2. The molecule has 5 rings (SSSR count). The van der Waals surface area contributed by atoms with Crippen LogP contribution < -0.4 is 19.7 Å². The number of rotatable bonds is 8. The zero-order chi connectivity index (χ0) is 27.7. The van der Waals surface area contributed by atoms with Crippen molar-refractivity contribution < 1.29 is 27.5 Å². The standard InChI is InChI=1S/C27H24N4O6S2/c1-36-22-11-10-16(15-20(22)30-39(2,34)35)31-25(24(29-27(31)38)19-9-5-6-14-28-19)23-13-12-21(37-23)17-7-3-4-8-18(17)26(32)33/h3-15,24-25,30H,1-2H3,(H,29,38)(H,32,33)/t24-,25+/m1/s1. The van der Waals surface area contributed by atoms with Gasteiger partial charge < -0.3 is 24.5 Å². The van der Waals surface area contributed by atoms with Crippen LogP contribution in [0.25, 0.3) is 11.3 Å². The molecule has 0 bridgehead atoms. The van der Waals surface area contributed by atoms with Gasteiger partial charge in [-0.3, -0.25) is 9.71 Å². The van der Waals surface area contributed by atoms with Crippen molar-refractivity contribution in [2.45, 2.75) is 12.1 Å². The van der Waals surface area contributed by atoms with Crippen LogP contribution in [0.2, 0.25) is 0 Å². The molecule has 10 nitrogen and oxygen atoms in total. The second-order valence-electron chi connectivity index (χ2n) is 8.81. The Kier molecular flexibility index (Phi) is 6.98. The molecule has 1 fully saturated rings. The molecule has 1 aliphatic rings. The summed E-state index contributed by atoms with van der Waals surface area (Å²) in [5.41, 5.74) is 2.08. The zero-order valence-electron chi connectivity index (χ0n) is 20.9. The number of thiocarbonyl (C=S) groups is 1. The number of hydrogen-bond acceptors (Lipinski definition) is 7. The molecule has 0 unspecified atom stereocenters. The fraction of sp³-hybridized carbons (Fsp3) is 0.148. The number of aromatic carboxylic acids is 1. The summed E-state index contributed by atoms with van der Waals surface area (Å²) < 4.78 is 38.2. The average Bonchev–Trinajstić information content (AvgIpc) is 3.53. The van der Waals surface area contributed by atoms with Crippen LogP contribution in [0.5, 0.6) is 5.75 Å². The van der Waals surface area contributed by atoms with Gasteiger partial charge in [0.1, 0.15) is 23.3 Å². The summed E-state index contributed by atoms with van der Waals surface area (Å²) in [5.74, 6) is 0.159. The molecule has 1 aliphatic heterocycles. The highest BCUT2D eigenvalue weighted by atomic mass is 32.2. The summed E-state index contributed by atoms with van der Waals surface area (Å²) in [5, 5.41) is 13.4. The first-order valence-electron chi connectivity index (χ1n) is 11.7. The van der Waals surface area contributed by atoms with Crippen LogP contribution in [0, 0.1) is 0 Å². The number of hydrogen-bond donors (Lipinski definition) is 3. The Morgan fingerprint density at radius 1 is 1.13 bits per heavy atom. The van der Waals surface area contributed by atoms with E-state index < -0.39 is 28.1 Å². The Morgan fingerprint density at radius 2 is 1.90 bits per heavy atom. The van der Waals surface area contributed by atoms with Crippen molar-refractivity contribution in [3.63, 3.8) is 0 Å². The van der Waals surface area contributed by atoms with Crippen molar-refractivity contribution in [2.75, 3.05) is 23.0 Å². The van der Waals surface area contributed by atoms with Gasteiger partial charge in [-0.25, -0.2) is 13.2 Å². The van der Waals surface area contributed by atoms with Gasteiger partial charge in [-0.15, -0.1) is 0 Å². The Balaban J connectivity index is 1.63. The van der Waals surface area contributed by atoms with Crippen LogP contribution in [0.3, 0.4) is 0 Å². The van der Waals surface area contributed by atoms with Gasteiger partial charge >= 0.3 is 5.97 Å². The van der Waals surface area contributed by atoms with E-state index in [2.05, 4.69) is 15.0 Å². The highest BCUT2D eigenvalue weighted by Gasteiger charge is 2.43. The van der Waals surface area contributed by atoms with Crippen LogP contribution in [-0.2, 0) is 10.0 Å². The molecular formula is C27H24N4O6S2. The van der Waals surface area contributed by atoms with Crippen molar-refractivity contribution in [3.8, 4) is 17.1 Å². The highest BCUT2D eigenvalue weighted by molar-refractivity contribution is 7.92. The van der Waals surface area contributed by atoms with Crippen molar-refractivity contribution in [3.05, 3.63) is 96.0 Å². The molecule has 0 saturated carbocycles. The fourth-order valence-electron chi connectivity index (χ4n) is 4.59. The quantitative estimate of drug-likeness (QED) is 0.261. The molecule has 0 aliphatic carbocycles. The normalized spacial score (nSPS) is 17.1. The maximum absolute atomic E-state index is 12.0. The molecule has 0 radical (unpaired) electrons. The number of carboxylic acid groups (broad SMARTS) is 1. The predicted octanol–water partition coefficient (Wildman–Crippen LogP) is 4.60. The van der Waals surface area contributed by atoms with Gasteiger partial charge in [0.2, 0.25) is 10.0 Å². The summed E-state index contributed by atoms with van der Waals surface area (Å²) in [4.78, 5) is 18.1. The van der Waals surface area contributed by atoms with Crippen LogP contribution in [-0.4, -0.2) is 43.0 Å². The Bertz CT molecular complexity index is 1660. The monoisotopic (exact) mass is 564 g/mol. The Hall–Kier alpha value is -4.42. The number of anilines is 2. The Labute approximate surface area is 230 Å². The molecule has 2 aromatic carbocycles. The number of methoxy groups -OCH3 is 1. The van der Waals surface area contributed by atoms with E-state index in [9.17, 15) is 18.3 Å². The fourth-order valence-corrected chi connectivity index (χ4v) is 5.49. The first-order valence-corrected chi connectivity index (χ1v) is 14.0. The molecule has 39 heavy (non-hydrogen) atoms. The van der Waals surface area contributed by atoms with E-state index in [1.165, 1.54) is 13.2 Å². The molecule has 0 spiro atoms. The topological polar surface area (TPSA) is 134 Å². The molecule has 3 N–H and O–H groups in total. The number of carboxylic acids is 1. The minimum atomic E-state index is -3.59. The van der Waals surface area contributed by atoms with Gasteiger partial charge in [-0.05, 0) is 60.7 Å². The van der Waals surface area contributed by atoms with Gasteiger partial charge in [-0.2, -0.15) is 0 Å². The summed E-state index contributed by atoms with van der Waals surface area (Å²) in [6.45, 7) is 0. The lowest BCUT2D eigenvalue weighted by molar-refractivity contribution is 0.0697. The molecule has 0 amide bonds. The van der Waals surface area contributed by atoms with E-state index in [0.29, 0.717) is 39.3 Å². The molecule has 2 aromatic heterocycles. The highest BCUT2D eigenvalue weighted by Crippen LogP contribution is 2.44. The lowest BCUT2D eigenvalue weighted by atomic mass is 10.0. The third-order valence-corrected chi connectivity index (χ3v) is 7.10. The van der Waals surface area contributed by atoms with Gasteiger partial charge in [0, 0.05) is 17.4 Å². The summed E-state index contributed by atoms with van der Waals surface area (Å²) in [7, 11) is -2.15. The number of benzene rings is 2. The molecule has 200 valence electrons. The summed E-state index contributed by atoms with van der Waals surface area (Å²) in [6, 6.07) is 19.7. The first kappa shape index (κ1) is 26.2. The minimum Gasteiger partial charge on any atom is -0.495 e.